The number of benzene rings is 1. The Morgan fingerprint density at radius 1 is 1.15 bits per heavy atom. The predicted octanol–water partition coefficient (Wildman–Crippen LogP) is -0.528. The van der Waals surface area contributed by atoms with Gasteiger partial charge < -0.3 is 14.5 Å². The average Bonchev–Trinajstić information content (AvgIpc) is 3.31. The van der Waals surface area contributed by atoms with Crippen molar-refractivity contribution < 1.29 is 14.5 Å². The Bertz CT molecular complexity index is 766. The van der Waals surface area contributed by atoms with E-state index in [1.807, 2.05) is 16.8 Å². The summed E-state index contributed by atoms with van der Waals surface area (Å²) in [5, 5.41) is 12.9. The van der Waals surface area contributed by atoms with Crippen LogP contribution in [0.3, 0.4) is 0 Å². The van der Waals surface area contributed by atoms with Crippen molar-refractivity contribution in [1.29, 1.82) is 0 Å². The normalized spacial score (nSPS) is 26.6. The van der Waals surface area contributed by atoms with Crippen molar-refractivity contribution in [3.05, 3.63) is 35.7 Å². The molecule has 0 amide bonds. The number of tetrazole rings is 1. The van der Waals surface area contributed by atoms with Crippen molar-refractivity contribution in [3.8, 4) is 5.75 Å². The van der Waals surface area contributed by atoms with Crippen LogP contribution in [0.5, 0.6) is 5.75 Å². The van der Waals surface area contributed by atoms with Gasteiger partial charge in [-0.3, -0.25) is 0 Å². The Balaban J connectivity index is 1.72. The minimum atomic E-state index is -0.149. The fourth-order valence-electron chi connectivity index (χ4n) is 4.78. The standard InChI is InChI=1S/C20H30N6O/c1-20(2,3)26-19(21-22-23-26)18(15-7-9-17(27-4)10-8-15)25-13-12-24-11-5-6-16(24)14-25/h7-10,16,18H,5-6,11-14H2,1-4H3/p+2/t16-,18-/m1/s1. The minimum absolute atomic E-state index is 0.146. The first kappa shape index (κ1) is 18.4. The van der Waals surface area contributed by atoms with Crippen LogP contribution in [0.4, 0.5) is 0 Å². The molecular formula is C20H32N6O+2. The highest BCUT2D eigenvalue weighted by Crippen LogP contribution is 2.24. The van der Waals surface area contributed by atoms with E-state index >= 15 is 0 Å². The lowest BCUT2D eigenvalue weighted by Crippen LogP contribution is -3.29. The monoisotopic (exact) mass is 372 g/mol. The van der Waals surface area contributed by atoms with Crippen LogP contribution >= 0.6 is 0 Å². The van der Waals surface area contributed by atoms with Gasteiger partial charge >= 0.3 is 0 Å². The number of nitrogens with one attached hydrogen (secondary N) is 2. The van der Waals surface area contributed by atoms with Gasteiger partial charge in [0.15, 0.2) is 6.04 Å². The van der Waals surface area contributed by atoms with Crippen molar-refractivity contribution in [3.63, 3.8) is 0 Å². The van der Waals surface area contributed by atoms with Crippen LogP contribution in [0.1, 0.15) is 51.0 Å². The molecule has 2 aliphatic heterocycles. The first-order valence-electron chi connectivity index (χ1n) is 10.1. The highest BCUT2D eigenvalue weighted by Gasteiger charge is 2.43. The third-order valence-corrected chi connectivity index (χ3v) is 6.15. The van der Waals surface area contributed by atoms with Gasteiger partial charge in [-0.1, -0.05) is 0 Å². The van der Waals surface area contributed by atoms with E-state index in [-0.39, 0.29) is 11.6 Å². The fourth-order valence-corrected chi connectivity index (χ4v) is 4.78. The molecule has 1 aromatic heterocycles. The Morgan fingerprint density at radius 3 is 2.63 bits per heavy atom. The Morgan fingerprint density at radius 2 is 1.93 bits per heavy atom. The van der Waals surface area contributed by atoms with Crippen molar-refractivity contribution in [2.75, 3.05) is 33.3 Å². The third kappa shape index (κ3) is 3.58. The van der Waals surface area contributed by atoms with Gasteiger partial charge in [0, 0.05) is 18.4 Å². The summed E-state index contributed by atoms with van der Waals surface area (Å²) in [6, 6.07) is 9.35. The van der Waals surface area contributed by atoms with E-state index < -0.39 is 0 Å². The topological polar surface area (TPSA) is 61.7 Å². The first-order valence-corrected chi connectivity index (χ1v) is 10.1. The summed E-state index contributed by atoms with van der Waals surface area (Å²) < 4.78 is 7.37. The highest BCUT2D eigenvalue weighted by atomic mass is 16.5. The number of hydrogen-bond acceptors (Lipinski definition) is 4. The van der Waals surface area contributed by atoms with Gasteiger partial charge in [-0.25, -0.2) is 4.68 Å². The molecule has 2 fully saturated rings. The second kappa shape index (κ2) is 7.20. The number of quaternary nitrogens is 2. The highest BCUT2D eigenvalue weighted by molar-refractivity contribution is 5.30. The zero-order chi connectivity index (χ0) is 19.0. The Kier molecular flexibility index (Phi) is 4.90. The second-order valence-electron chi connectivity index (χ2n) is 8.94. The average molecular weight is 373 g/mol. The summed E-state index contributed by atoms with van der Waals surface area (Å²) in [5.41, 5.74) is 1.11. The summed E-state index contributed by atoms with van der Waals surface area (Å²) in [6.07, 6.45) is 2.71. The van der Waals surface area contributed by atoms with Gasteiger partial charge in [0.25, 0.3) is 0 Å². The van der Waals surface area contributed by atoms with Gasteiger partial charge in [-0.15, -0.1) is 5.10 Å². The van der Waals surface area contributed by atoms with Crippen LogP contribution in [-0.4, -0.2) is 59.5 Å². The maximum absolute atomic E-state index is 5.36. The van der Waals surface area contributed by atoms with E-state index in [0.29, 0.717) is 0 Å². The molecule has 2 N–H and O–H groups in total. The summed E-state index contributed by atoms with van der Waals surface area (Å²) >= 11 is 0. The molecule has 3 heterocycles. The van der Waals surface area contributed by atoms with E-state index in [4.69, 9.17) is 4.74 Å². The van der Waals surface area contributed by atoms with Crippen LogP contribution < -0.4 is 14.5 Å². The van der Waals surface area contributed by atoms with Gasteiger partial charge in [0.1, 0.15) is 31.4 Å². The molecule has 2 aromatic rings. The van der Waals surface area contributed by atoms with E-state index in [0.717, 1.165) is 24.2 Å². The minimum Gasteiger partial charge on any atom is -0.497 e. The zero-order valence-corrected chi connectivity index (χ0v) is 16.9. The number of rotatable bonds is 4. The summed E-state index contributed by atoms with van der Waals surface area (Å²) in [7, 11) is 1.71. The van der Waals surface area contributed by atoms with Crippen molar-refractivity contribution in [2.45, 2.75) is 51.2 Å². The number of methoxy groups -OCH3 is 1. The van der Waals surface area contributed by atoms with Crippen molar-refractivity contribution >= 4 is 0 Å². The second-order valence-corrected chi connectivity index (χ2v) is 8.94. The number of aromatic nitrogens is 4. The number of nitrogens with zero attached hydrogens (tertiary/aromatic N) is 4. The lowest BCUT2D eigenvalue weighted by atomic mass is 10.00. The van der Waals surface area contributed by atoms with E-state index in [1.54, 1.807) is 16.9 Å². The van der Waals surface area contributed by atoms with Gasteiger partial charge in [0.2, 0.25) is 5.82 Å². The molecule has 4 atom stereocenters. The van der Waals surface area contributed by atoms with Crippen LogP contribution in [-0.2, 0) is 5.54 Å². The largest absolute Gasteiger partial charge is 0.497 e. The number of fused-ring (bicyclic) bond motifs is 1. The predicted molar refractivity (Wildman–Crippen MR) is 102 cm³/mol. The lowest BCUT2D eigenvalue weighted by molar-refractivity contribution is -1.03. The lowest BCUT2D eigenvalue weighted by Gasteiger charge is -2.37. The molecule has 146 valence electrons. The smallest absolute Gasteiger partial charge is 0.214 e. The summed E-state index contributed by atoms with van der Waals surface area (Å²) in [5.74, 6) is 1.84. The molecule has 7 heteroatoms. The SMILES string of the molecule is COc1ccc([C@H](c2nnnn2C(C)(C)C)[NH+]2CC[NH+]3CCC[C@@H]3C2)cc1. The maximum atomic E-state index is 5.36. The molecule has 0 saturated carbocycles. The molecule has 4 rings (SSSR count). The van der Waals surface area contributed by atoms with E-state index in [9.17, 15) is 0 Å². The molecule has 0 aliphatic carbocycles. The maximum Gasteiger partial charge on any atom is 0.214 e. The van der Waals surface area contributed by atoms with Crippen LogP contribution in [0, 0.1) is 0 Å². The molecule has 2 saturated heterocycles. The molecule has 0 radical (unpaired) electrons. The molecule has 27 heavy (non-hydrogen) atoms. The van der Waals surface area contributed by atoms with Crippen LogP contribution in [0.15, 0.2) is 24.3 Å². The summed E-state index contributed by atoms with van der Waals surface area (Å²) in [4.78, 5) is 3.37. The molecule has 0 spiro atoms. The summed E-state index contributed by atoms with van der Waals surface area (Å²) in [6.45, 7) is 11.4. The van der Waals surface area contributed by atoms with Gasteiger partial charge in [0.05, 0.1) is 19.2 Å². The third-order valence-electron chi connectivity index (χ3n) is 6.15. The number of ether oxygens (including phenoxy) is 1. The van der Waals surface area contributed by atoms with Crippen molar-refractivity contribution in [2.24, 2.45) is 0 Å². The fraction of sp³-hybridized carbons (Fsp3) is 0.650. The van der Waals surface area contributed by atoms with Crippen LogP contribution in [0.2, 0.25) is 0 Å². The molecule has 2 unspecified atom stereocenters. The van der Waals surface area contributed by atoms with E-state index in [1.165, 1.54) is 38.0 Å². The van der Waals surface area contributed by atoms with Crippen LogP contribution in [0.25, 0.3) is 0 Å². The van der Waals surface area contributed by atoms with E-state index in [2.05, 4.69) is 48.4 Å². The molecular weight excluding hydrogens is 340 g/mol. The zero-order valence-electron chi connectivity index (χ0n) is 16.9. The number of piperazine rings is 1. The quantitative estimate of drug-likeness (QED) is 0.758. The van der Waals surface area contributed by atoms with Gasteiger partial charge in [-0.2, -0.15) is 0 Å². The Hall–Kier alpha value is -1.99. The number of hydrogen-bond donors (Lipinski definition) is 2. The first-order chi connectivity index (χ1) is 13.0. The molecule has 2 aliphatic rings. The Labute approximate surface area is 161 Å². The van der Waals surface area contributed by atoms with Gasteiger partial charge in [-0.05, 0) is 55.5 Å². The molecule has 0 bridgehead atoms. The molecule has 7 nitrogen and oxygen atoms in total. The van der Waals surface area contributed by atoms with Crippen molar-refractivity contribution in [1.82, 2.24) is 20.2 Å². The molecule has 1 aromatic carbocycles.